The summed E-state index contributed by atoms with van der Waals surface area (Å²) < 4.78 is 31.4. The normalized spacial score (nSPS) is 11.0. The summed E-state index contributed by atoms with van der Waals surface area (Å²) in [5.41, 5.74) is 2.83. The van der Waals surface area contributed by atoms with E-state index in [0.29, 0.717) is 0 Å². The third-order valence-electron chi connectivity index (χ3n) is 4.38. The maximum Gasteiger partial charge on any atom is 0.265 e. The van der Waals surface area contributed by atoms with E-state index in [1.54, 1.807) is 17.2 Å². The Bertz CT molecular complexity index is 1160. The lowest BCUT2D eigenvalue weighted by atomic mass is 10.1. The zero-order valence-corrected chi connectivity index (χ0v) is 17.9. The van der Waals surface area contributed by atoms with Gasteiger partial charge in [0.25, 0.3) is 11.8 Å². The number of hydrogen-bond acceptors (Lipinski definition) is 9. The van der Waals surface area contributed by atoms with Gasteiger partial charge in [-0.25, -0.2) is 4.39 Å². The van der Waals surface area contributed by atoms with Gasteiger partial charge in [-0.3, -0.25) is 4.72 Å². The molecule has 12 heteroatoms. The van der Waals surface area contributed by atoms with E-state index in [4.69, 9.17) is 14.2 Å². The smallest absolute Gasteiger partial charge is 0.265 e. The highest BCUT2D eigenvalue weighted by molar-refractivity contribution is 8.00. The standard InChI is InChI=1S/C19H20FN7O3S/c1-11-4-5-12-13(10-21-14(12)15(11)27-22-7-8-23-27)31-26-19-24-17(28-2)16(30-9-6-20)18(25-19)29-3/h4-5,7-8,10,21H,6,9H2,1-3H3,(H,24,25,26). The Kier molecular flexibility index (Phi) is 6.07. The lowest BCUT2D eigenvalue weighted by Gasteiger charge is -2.13. The fourth-order valence-electron chi connectivity index (χ4n) is 3.03. The van der Waals surface area contributed by atoms with E-state index in [1.165, 1.54) is 26.2 Å². The fourth-order valence-corrected chi connectivity index (χ4v) is 3.72. The summed E-state index contributed by atoms with van der Waals surface area (Å²) in [5.74, 6) is 0.689. The van der Waals surface area contributed by atoms with Crippen LogP contribution in [0.5, 0.6) is 17.5 Å². The van der Waals surface area contributed by atoms with E-state index in [0.717, 1.165) is 27.0 Å². The molecule has 4 rings (SSSR count). The number of fused-ring (bicyclic) bond motifs is 1. The van der Waals surface area contributed by atoms with Crippen LogP contribution in [0.4, 0.5) is 10.3 Å². The number of aromatic amines is 1. The van der Waals surface area contributed by atoms with Crippen molar-refractivity contribution in [1.29, 1.82) is 0 Å². The molecule has 0 atom stereocenters. The van der Waals surface area contributed by atoms with E-state index in [9.17, 15) is 4.39 Å². The monoisotopic (exact) mass is 445 g/mol. The summed E-state index contributed by atoms with van der Waals surface area (Å²) >= 11 is 1.32. The van der Waals surface area contributed by atoms with E-state index >= 15 is 0 Å². The predicted molar refractivity (Wildman–Crippen MR) is 114 cm³/mol. The largest absolute Gasteiger partial charge is 0.481 e. The molecular formula is C19H20FN7O3S. The Labute approximate surface area is 181 Å². The zero-order chi connectivity index (χ0) is 21.8. The third-order valence-corrected chi connectivity index (χ3v) is 5.22. The van der Waals surface area contributed by atoms with E-state index in [1.807, 2.05) is 25.3 Å². The van der Waals surface area contributed by atoms with Crippen molar-refractivity contribution in [2.24, 2.45) is 0 Å². The Morgan fingerprint density at radius 1 is 1.13 bits per heavy atom. The number of H-pyrrole nitrogens is 1. The maximum atomic E-state index is 12.5. The Morgan fingerprint density at radius 2 is 1.84 bits per heavy atom. The molecule has 0 saturated carbocycles. The van der Waals surface area contributed by atoms with E-state index < -0.39 is 6.67 Å². The topological polar surface area (TPSA) is 112 Å². The van der Waals surface area contributed by atoms with Crippen LogP contribution in [0.15, 0.2) is 35.6 Å². The number of benzene rings is 1. The van der Waals surface area contributed by atoms with Crippen LogP contribution < -0.4 is 18.9 Å². The molecule has 0 saturated heterocycles. The minimum atomic E-state index is -0.655. The number of nitrogens with one attached hydrogen (secondary N) is 2. The van der Waals surface area contributed by atoms with E-state index in [2.05, 4.69) is 29.9 Å². The van der Waals surface area contributed by atoms with Gasteiger partial charge in [0.2, 0.25) is 11.7 Å². The van der Waals surface area contributed by atoms with Crippen molar-refractivity contribution in [2.45, 2.75) is 11.8 Å². The van der Waals surface area contributed by atoms with Gasteiger partial charge >= 0.3 is 0 Å². The molecule has 0 aliphatic heterocycles. The fraction of sp³-hybridized carbons (Fsp3) is 0.263. The number of anilines is 1. The average molecular weight is 445 g/mol. The van der Waals surface area contributed by atoms with Crippen molar-refractivity contribution in [3.63, 3.8) is 0 Å². The summed E-state index contributed by atoms with van der Waals surface area (Å²) in [6.07, 6.45) is 5.15. The van der Waals surface area contributed by atoms with Crippen LogP contribution in [0, 0.1) is 6.92 Å². The van der Waals surface area contributed by atoms with Crippen molar-refractivity contribution < 1.29 is 18.6 Å². The van der Waals surface area contributed by atoms with Gasteiger partial charge in [0.15, 0.2) is 0 Å². The number of rotatable bonds is 9. The van der Waals surface area contributed by atoms with Gasteiger partial charge in [0.05, 0.1) is 37.0 Å². The molecule has 3 heterocycles. The second kappa shape index (κ2) is 9.08. The molecule has 2 N–H and O–H groups in total. The summed E-state index contributed by atoms with van der Waals surface area (Å²) in [6.45, 7) is 1.20. The first-order chi connectivity index (χ1) is 15.2. The predicted octanol–water partition coefficient (Wildman–Crippen LogP) is 3.33. The molecule has 1 aromatic carbocycles. The molecule has 0 fully saturated rings. The first kappa shape index (κ1) is 20.7. The van der Waals surface area contributed by atoms with Gasteiger partial charge in [-0.15, -0.1) is 4.80 Å². The first-order valence-electron chi connectivity index (χ1n) is 9.25. The molecule has 0 radical (unpaired) electrons. The number of alkyl halides is 1. The van der Waals surface area contributed by atoms with Crippen LogP contribution in [0.25, 0.3) is 16.6 Å². The minimum absolute atomic E-state index is 0.144. The number of ether oxygens (including phenoxy) is 3. The Balaban J connectivity index is 1.62. The van der Waals surface area contributed by atoms with Gasteiger partial charge in [-0.05, 0) is 24.4 Å². The summed E-state index contributed by atoms with van der Waals surface area (Å²) in [5, 5.41) is 9.48. The highest BCUT2D eigenvalue weighted by Crippen LogP contribution is 2.37. The van der Waals surface area contributed by atoms with Crippen LogP contribution >= 0.6 is 11.9 Å². The Morgan fingerprint density at radius 3 is 2.48 bits per heavy atom. The van der Waals surface area contributed by atoms with Crippen LogP contribution in [0.3, 0.4) is 0 Å². The second-order valence-corrected chi connectivity index (χ2v) is 7.11. The van der Waals surface area contributed by atoms with Crippen LogP contribution in [-0.4, -0.2) is 57.4 Å². The molecule has 0 bridgehead atoms. The zero-order valence-electron chi connectivity index (χ0n) is 17.0. The van der Waals surface area contributed by atoms with Gasteiger partial charge in [0, 0.05) is 11.6 Å². The maximum absolute atomic E-state index is 12.5. The third kappa shape index (κ3) is 4.06. The molecule has 162 valence electrons. The molecule has 0 aliphatic carbocycles. The molecule has 3 aromatic heterocycles. The van der Waals surface area contributed by atoms with Gasteiger partial charge in [-0.1, -0.05) is 12.1 Å². The second-order valence-electron chi connectivity index (χ2n) is 6.26. The molecule has 0 amide bonds. The number of halogens is 1. The van der Waals surface area contributed by atoms with Crippen LogP contribution in [-0.2, 0) is 0 Å². The molecule has 0 unspecified atom stereocenters. The summed E-state index contributed by atoms with van der Waals surface area (Å²) in [4.78, 5) is 14.4. The SMILES string of the molecule is COc1nc(NSc2c[nH]c3c(-n4nccn4)c(C)ccc23)nc(OC)c1OCCF. The minimum Gasteiger partial charge on any atom is -0.481 e. The molecule has 10 nitrogen and oxygen atoms in total. The first-order valence-corrected chi connectivity index (χ1v) is 10.1. The van der Waals surface area contributed by atoms with Gasteiger partial charge in [-0.2, -0.15) is 20.2 Å². The number of methoxy groups -OCH3 is 2. The lowest BCUT2D eigenvalue weighted by molar-refractivity contribution is 0.240. The van der Waals surface area contributed by atoms with Gasteiger partial charge < -0.3 is 19.2 Å². The number of nitrogens with zero attached hydrogens (tertiary/aromatic N) is 5. The average Bonchev–Trinajstić information content (AvgIpc) is 3.46. The molecule has 0 spiro atoms. The van der Waals surface area contributed by atoms with Crippen molar-refractivity contribution in [1.82, 2.24) is 29.9 Å². The van der Waals surface area contributed by atoms with Crippen molar-refractivity contribution in [2.75, 3.05) is 32.2 Å². The number of aromatic nitrogens is 6. The molecule has 0 aliphatic rings. The van der Waals surface area contributed by atoms with E-state index in [-0.39, 0.29) is 30.1 Å². The van der Waals surface area contributed by atoms with Crippen molar-refractivity contribution in [3.05, 3.63) is 36.3 Å². The van der Waals surface area contributed by atoms with Crippen LogP contribution in [0.2, 0.25) is 0 Å². The molecular weight excluding hydrogens is 425 g/mol. The summed E-state index contributed by atoms with van der Waals surface area (Å²) in [7, 11) is 2.88. The highest BCUT2D eigenvalue weighted by atomic mass is 32.2. The van der Waals surface area contributed by atoms with Crippen molar-refractivity contribution in [3.8, 4) is 23.2 Å². The Hall–Kier alpha value is -3.54. The van der Waals surface area contributed by atoms with Crippen molar-refractivity contribution >= 4 is 28.8 Å². The number of hydrogen-bond donors (Lipinski definition) is 2. The van der Waals surface area contributed by atoms with Crippen LogP contribution in [0.1, 0.15) is 5.56 Å². The number of aryl methyl sites for hydroxylation is 1. The van der Waals surface area contributed by atoms with Gasteiger partial charge in [0.1, 0.15) is 19.0 Å². The molecule has 31 heavy (non-hydrogen) atoms. The highest BCUT2D eigenvalue weighted by Gasteiger charge is 2.19. The lowest BCUT2D eigenvalue weighted by Crippen LogP contribution is -2.07. The molecule has 4 aromatic rings. The summed E-state index contributed by atoms with van der Waals surface area (Å²) in [6, 6.07) is 4.03. The quantitative estimate of drug-likeness (QED) is 0.375.